The summed E-state index contributed by atoms with van der Waals surface area (Å²) < 4.78 is 13.7. The topological polar surface area (TPSA) is 48.5 Å². The summed E-state index contributed by atoms with van der Waals surface area (Å²) in [5, 5.41) is 2.87. The lowest BCUT2D eigenvalue weighted by Gasteiger charge is -2.25. The van der Waals surface area contributed by atoms with E-state index in [0.29, 0.717) is 6.54 Å². The highest BCUT2D eigenvalue weighted by molar-refractivity contribution is 5.83. The molecule has 24 heavy (non-hydrogen) atoms. The molecule has 0 atom stereocenters. The third-order valence-electron chi connectivity index (χ3n) is 4.14. The number of nitrogens with zero attached hydrogens (tertiary/aromatic N) is 3. The van der Waals surface area contributed by atoms with Crippen molar-refractivity contribution in [1.82, 2.24) is 10.3 Å². The fourth-order valence-corrected chi connectivity index (χ4v) is 2.90. The number of amides is 1. The highest BCUT2D eigenvalue weighted by Crippen LogP contribution is 2.32. The summed E-state index contributed by atoms with van der Waals surface area (Å²) in [6.45, 7) is 2.20. The maximum absolute atomic E-state index is 13.7. The lowest BCUT2D eigenvalue weighted by Crippen LogP contribution is -2.37. The highest BCUT2D eigenvalue weighted by Gasteiger charge is 2.21. The van der Waals surface area contributed by atoms with Crippen molar-refractivity contribution in [2.75, 3.05) is 36.5 Å². The quantitative estimate of drug-likeness (QED) is 0.935. The number of carbonyl (C=O) groups is 1. The minimum absolute atomic E-state index is 0.0968. The highest BCUT2D eigenvalue weighted by atomic mass is 19.1. The predicted molar refractivity (Wildman–Crippen MR) is 92.6 cm³/mol. The van der Waals surface area contributed by atoms with Crippen molar-refractivity contribution in [1.29, 1.82) is 0 Å². The summed E-state index contributed by atoms with van der Waals surface area (Å²) in [6.07, 6.45) is 2.62. The Hall–Kier alpha value is -2.63. The summed E-state index contributed by atoms with van der Waals surface area (Å²) in [5.41, 5.74) is 2.53. The number of hydrogen-bond acceptors (Lipinski definition) is 4. The maximum atomic E-state index is 13.7. The average molecular weight is 328 g/mol. The molecule has 0 bridgehead atoms. The van der Waals surface area contributed by atoms with Crippen LogP contribution >= 0.6 is 0 Å². The number of halogens is 1. The van der Waals surface area contributed by atoms with Crippen LogP contribution in [-0.4, -0.2) is 37.6 Å². The molecule has 0 fully saturated rings. The molecule has 1 amide bonds. The first-order valence-electron chi connectivity index (χ1n) is 8.06. The molecular weight excluding hydrogens is 307 g/mol. The zero-order chi connectivity index (χ0) is 16.9. The van der Waals surface area contributed by atoms with Crippen LogP contribution in [0.15, 0.2) is 42.6 Å². The Labute approximate surface area is 141 Å². The number of aromatic nitrogens is 1. The molecule has 3 rings (SSSR count). The summed E-state index contributed by atoms with van der Waals surface area (Å²) in [6, 6.07) is 10.3. The standard InChI is InChI=1S/C18H21FN4O/c1-22-9-4-10-23(17-11-14(19)6-7-16(17)22)13-18(24)21-12-15-5-2-3-8-20-15/h2-3,5-8,11H,4,9-10,12-13H2,1H3,(H,21,24). The van der Waals surface area contributed by atoms with Crippen LogP contribution in [0.4, 0.5) is 15.8 Å². The van der Waals surface area contributed by atoms with Gasteiger partial charge in [-0.05, 0) is 36.8 Å². The number of anilines is 2. The van der Waals surface area contributed by atoms with Crippen LogP contribution in [0, 0.1) is 5.82 Å². The molecule has 0 unspecified atom stereocenters. The first-order chi connectivity index (χ1) is 11.6. The number of pyridine rings is 1. The second-order valence-electron chi connectivity index (χ2n) is 5.93. The van der Waals surface area contributed by atoms with Gasteiger partial charge in [-0.3, -0.25) is 9.78 Å². The van der Waals surface area contributed by atoms with Crippen LogP contribution in [0.2, 0.25) is 0 Å². The Kier molecular flexibility index (Phi) is 4.93. The van der Waals surface area contributed by atoms with E-state index in [1.54, 1.807) is 12.3 Å². The van der Waals surface area contributed by atoms with Crippen molar-refractivity contribution in [3.63, 3.8) is 0 Å². The van der Waals surface area contributed by atoms with E-state index in [1.807, 2.05) is 30.1 Å². The molecule has 2 aromatic rings. The van der Waals surface area contributed by atoms with Gasteiger partial charge in [0.15, 0.2) is 0 Å². The summed E-state index contributed by atoms with van der Waals surface area (Å²) in [5.74, 6) is -0.386. The second-order valence-corrected chi connectivity index (χ2v) is 5.93. The van der Waals surface area contributed by atoms with Crippen LogP contribution in [-0.2, 0) is 11.3 Å². The van der Waals surface area contributed by atoms with Crippen LogP contribution in [0.25, 0.3) is 0 Å². The maximum Gasteiger partial charge on any atom is 0.239 e. The molecule has 0 aliphatic carbocycles. The van der Waals surface area contributed by atoms with Crippen LogP contribution in [0.1, 0.15) is 12.1 Å². The SMILES string of the molecule is CN1CCCN(CC(=O)NCc2ccccn2)c2cc(F)ccc21. The van der Waals surface area contributed by atoms with E-state index in [9.17, 15) is 9.18 Å². The molecule has 6 heteroatoms. The Morgan fingerprint density at radius 2 is 2.12 bits per heavy atom. The van der Waals surface area contributed by atoms with Crippen LogP contribution < -0.4 is 15.1 Å². The Bertz CT molecular complexity index is 707. The average Bonchev–Trinajstić information content (AvgIpc) is 2.73. The van der Waals surface area contributed by atoms with Gasteiger partial charge in [-0.1, -0.05) is 6.07 Å². The summed E-state index contributed by atoms with van der Waals surface area (Å²) in [4.78, 5) is 20.5. The monoisotopic (exact) mass is 328 g/mol. The molecule has 0 spiro atoms. The van der Waals surface area contributed by atoms with Crippen molar-refractivity contribution in [2.45, 2.75) is 13.0 Å². The molecule has 1 aliphatic rings. The largest absolute Gasteiger partial charge is 0.373 e. The molecular formula is C18H21FN4O. The molecule has 0 saturated carbocycles. The van der Waals surface area contributed by atoms with E-state index < -0.39 is 0 Å². The van der Waals surface area contributed by atoms with E-state index >= 15 is 0 Å². The molecule has 126 valence electrons. The Balaban J connectivity index is 1.69. The fourth-order valence-electron chi connectivity index (χ4n) is 2.90. The van der Waals surface area contributed by atoms with Gasteiger partial charge in [0.2, 0.25) is 5.91 Å². The third-order valence-corrected chi connectivity index (χ3v) is 4.14. The van der Waals surface area contributed by atoms with Gasteiger partial charge in [0.25, 0.3) is 0 Å². The first-order valence-corrected chi connectivity index (χ1v) is 8.06. The normalized spacial score (nSPS) is 14.1. The van der Waals surface area contributed by atoms with Gasteiger partial charge in [-0.25, -0.2) is 4.39 Å². The first kappa shape index (κ1) is 16.2. The number of fused-ring (bicyclic) bond motifs is 1. The van der Waals surface area contributed by atoms with Crippen molar-refractivity contribution < 1.29 is 9.18 Å². The Morgan fingerprint density at radius 1 is 1.25 bits per heavy atom. The smallest absolute Gasteiger partial charge is 0.239 e. The van der Waals surface area contributed by atoms with Gasteiger partial charge in [0.1, 0.15) is 5.82 Å². The van der Waals surface area contributed by atoms with Crippen LogP contribution in [0.5, 0.6) is 0 Å². The van der Waals surface area contributed by atoms with Crippen molar-refractivity contribution in [3.8, 4) is 0 Å². The zero-order valence-corrected chi connectivity index (χ0v) is 13.7. The van der Waals surface area contributed by atoms with Crippen molar-refractivity contribution >= 4 is 17.3 Å². The van der Waals surface area contributed by atoms with Gasteiger partial charge in [-0.2, -0.15) is 0 Å². The lowest BCUT2D eigenvalue weighted by molar-refractivity contribution is -0.119. The van der Waals surface area contributed by atoms with Gasteiger partial charge in [-0.15, -0.1) is 0 Å². The second kappa shape index (κ2) is 7.29. The zero-order valence-electron chi connectivity index (χ0n) is 13.7. The summed E-state index contributed by atoms with van der Waals surface area (Å²) in [7, 11) is 1.99. The number of benzene rings is 1. The molecule has 0 saturated heterocycles. The number of rotatable bonds is 4. The van der Waals surface area contributed by atoms with Crippen molar-refractivity contribution in [3.05, 3.63) is 54.1 Å². The molecule has 1 aliphatic heterocycles. The Morgan fingerprint density at radius 3 is 2.92 bits per heavy atom. The number of nitrogens with one attached hydrogen (secondary N) is 1. The van der Waals surface area contributed by atoms with E-state index in [0.717, 1.165) is 36.6 Å². The van der Waals surface area contributed by atoms with Gasteiger partial charge in [0, 0.05) is 26.3 Å². The molecule has 2 heterocycles. The van der Waals surface area contributed by atoms with E-state index in [2.05, 4.69) is 15.2 Å². The third kappa shape index (κ3) is 3.82. The van der Waals surface area contributed by atoms with Gasteiger partial charge >= 0.3 is 0 Å². The minimum Gasteiger partial charge on any atom is -0.373 e. The van der Waals surface area contributed by atoms with E-state index in [-0.39, 0.29) is 18.3 Å². The molecule has 1 N–H and O–H groups in total. The molecule has 1 aromatic carbocycles. The lowest BCUT2D eigenvalue weighted by atomic mass is 10.2. The van der Waals surface area contributed by atoms with E-state index in [4.69, 9.17) is 0 Å². The van der Waals surface area contributed by atoms with Gasteiger partial charge < -0.3 is 15.1 Å². The number of carbonyl (C=O) groups excluding carboxylic acids is 1. The van der Waals surface area contributed by atoms with Crippen molar-refractivity contribution in [2.24, 2.45) is 0 Å². The number of hydrogen-bond donors (Lipinski definition) is 1. The molecule has 1 aromatic heterocycles. The molecule has 5 nitrogen and oxygen atoms in total. The summed E-state index contributed by atoms with van der Waals surface area (Å²) >= 11 is 0. The fraction of sp³-hybridized carbons (Fsp3) is 0.333. The minimum atomic E-state index is -0.289. The molecule has 0 radical (unpaired) electrons. The van der Waals surface area contributed by atoms with E-state index in [1.165, 1.54) is 12.1 Å². The van der Waals surface area contributed by atoms with Gasteiger partial charge in [0.05, 0.1) is 30.2 Å². The predicted octanol–water partition coefficient (Wildman–Crippen LogP) is 2.18. The van der Waals surface area contributed by atoms with Crippen LogP contribution in [0.3, 0.4) is 0 Å².